The number of para-hydroxylation sites is 2. The summed E-state index contributed by atoms with van der Waals surface area (Å²) in [4.78, 5) is 40.2. The minimum absolute atomic E-state index is 0.185. The van der Waals surface area contributed by atoms with Gasteiger partial charge >= 0.3 is 6.03 Å². The molecule has 2 aliphatic rings. The quantitative estimate of drug-likeness (QED) is 0.517. The van der Waals surface area contributed by atoms with Crippen LogP contribution in [0.2, 0.25) is 0 Å². The number of hydrogen-bond donors (Lipinski definition) is 2. The van der Waals surface area contributed by atoms with Crippen LogP contribution in [0.1, 0.15) is 11.1 Å². The topological polar surface area (TPSA) is 97.0 Å². The number of amides is 4. The fourth-order valence-corrected chi connectivity index (χ4v) is 4.40. The van der Waals surface area contributed by atoms with Gasteiger partial charge in [0.25, 0.3) is 5.91 Å². The molecule has 0 saturated carbocycles. The first-order valence-electron chi connectivity index (χ1n) is 11.4. The average Bonchev–Trinajstić information content (AvgIpc) is 3.13. The molecule has 1 fully saturated rings. The van der Waals surface area contributed by atoms with Gasteiger partial charge in [-0.1, -0.05) is 72.8 Å². The van der Waals surface area contributed by atoms with E-state index in [1.54, 1.807) is 6.07 Å². The summed E-state index contributed by atoms with van der Waals surface area (Å²) in [6, 6.07) is 25.3. The molecule has 0 aromatic heterocycles. The van der Waals surface area contributed by atoms with Gasteiger partial charge in [0.05, 0.1) is 6.54 Å². The Morgan fingerprint density at radius 1 is 0.943 bits per heavy atom. The highest BCUT2D eigenvalue weighted by molar-refractivity contribution is 6.09. The lowest BCUT2D eigenvalue weighted by molar-refractivity contribution is -0.135. The van der Waals surface area contributed by atoms with E-state index < -0.39 is 29.9 Å². The maximum Gasteiger partial charge on any atom is 0.325 e. The third-order valence-corrected chi connectivity index (χ3v) is 6.15. The number of imide groups is 1. The molecule has 35 heavy (non-hydrogen) atoms. The van der Waals surface area contributed by atoms with Crippen LogP contribution in [0, 0.1) is 0 Å². The van der Waals surface area contributed by atoms with Crippen molar-refractivity contribution in [3.8, 4) is 11.5 Å². The van der Waals surface area contributed by atoms with Crippen LogP contribution in [-0.4, -0.2) is 48.5 Å². The summed E-state index contributed by atoms with van der Waals surface area (Å²) in [6.07, 6.45) is -0.105. The summed E-state index contributed by atoms with van der Waals surface area (Å²) in [7, 11) is 0. The molecule has 2 aliphatic heterocycles. The normalized spacial score (nSPS) is 20.9. The van der Waals surface area contributed by atoms with Crippen molar-refractivity contribution in [3.05, 3.63) is 96.1 Å². The molecular formula is C27H25N3O5. The summed E-state index contributed by atoms with van der Waals surface area (Å²) < 4.78 is 11.5. The first kappa shape index (κ1) is 22.5. The van der Waals surface area contributed by atoms with Gasteiger partial charge in [0.15, 0.2) is 17.0 Å². The maximum atomic E-state index is 13.6. The number of nitrogens with zero attached hydrogens (tertiary/aromatic N) is 1. The summed E-state index contributed by atoms with van der Waals surface area (Å²) in [5, 5.41) is 5.62. The van der Waals surface area contributed by atoms with E-state index in [9.17, 15) is 14.4 Å². The molecule has 4 amide bonds. The van der Waals surface area contributed by atoms with E-state index >= 15 is 0 Å². The van der Waals surface area contributed by atoms with Gasteiger partial charge in [-0.25, -0.2) is 4.79 Å². The zero-order valence-electron chi connectivity index (χ0n) is 19.0. The lowest BCUT2D eigenvalue weighted by Gasteiger charge is -2.28. The summed E-state index contributed by atoms with van der Waals surface area (Å²) in [5.74, 6) is 0.351. The molecule has 0 radical (unpaired) electrons. The average molecular weight is 472 g/mol. The third-order valence-electron chi connectivity index (χ3n) is 6.15. The SMILES string of the molecule is O=C(CN1C(=O)N[C@@](Cc2ccccc2)(c2ccccc2)C1=O)NC[C@@H]1COc2ccccc2O1. The molecule has 8 nitrogen and oxygen atoms in total. The molecule has 5 rings (SSSR count). The number of carbonyl (C=O) groups excluding carboxylic acids is 3. The maximum absolute atomic E-state index is 13.6. The number of carbonyl (C=O) groups is 3. The van der Waals surface area contributed by atoms with Crippen molar-refractivity contribution in [2.24, 2.45) is 0 Å². The van der Waals surface area contributed by atoms with Crippen molar-refractivity contribution in [2.75, 3.05) is 19.7 Å². The number of rotatable bonds is 7. The number of fused-ring (bicyclic) bond motifs is 1. The van der Waals surface area contributed by atoms with Gasteiger partial charge in [-0.05, 0) is 23.3 Å². The van der Waals surface area contributed by atoms with Crippen LogP contribution >= 0.6 is 0 Å². The van der Waals surface area contributed by atoms with Gasteiger partial charge in [0, 0.05) is 6.42 Å². The molecule has 1 saturated heterocycles. The van der Waals surface area contributed by atoms with Crippen molar-refractivity contribution in [2.45, 2.75) is 18.1 Å². The molecular weight excluding hydrogens is 446 g/mol. The van der Waals surface area contributed by atoms with Gasteiger partial charge in [-0.15, -0.1) is 0 Å². The highest BCUT2D eigenvalue weighted by atomic mass is 16.6. The Labute approximate surface area is 202 Å². The lowest BCUT2D eigenvalue weighted by Crippen LogP contribution is -2.48. The Morgan fingerprint density at radius 2 is 1.60 bits per heavy atom. The molecule has 2 atom stereocenters. The first-order chi connectivity index (χ1) is 17.0. The van der Waals surface area contributed by atoms with Gasteiger partial charge in [0.1, 0.15) is 19.3 Å². The molecule has 8 heteroatoms. The molecule has 2 N–H and O–H groups in total. The molecule has 0 spiro atoms. The summed E-state index contributed by atoms with van der Waals surface area (Å²) >= 11 is 0. The van der Waals surface area contributed by atoms with Crippen LogP contribution < -0.4 is 20.1 Å². The molecule has 0 aliphatic carbocycles. The second kappa shape index (κ2) is 9.50. The van der Waals surface area contributed by atoms with E-state index in [4.69, 9.17) is 9.47 Å². The number of urea groups is 1. The Bertz CT molecular complexity index is 1230. The Kier molecular flexibility index (Phi) is 6.10. The van der Waals surface area contributed by atoms with Crippen LogP contribution in [0.4, 0.5) is 4.79 Å². The van der Waals surface area contributed by atoms with E-state index in [2.05, 4.69) is 10.6 Å². The van der Waals surface area contributed by atoms with E-state index in [1.165, 1.54) is 0 Å². The van der Waals surface area contributed by atoms with Crippen LogP contribution in [0.3, 0.4) is 0 Å². The Morgan fingerprint density at radius 3 is 2.34 bits per heavy atom. The molecule has 0 bridgehead atoms. The largest absolute Gasteiger partial charge is 0.486 e. The Hall–Kier alpha value is -4.33. The fourth-order valence-electron chi connectivity index (χ4n) is 4.40. The minimum Gasteiger partial charge on any atom is -0.486 e. The summed E-state index contributed by atoms with van der Waals surface area (Å²) in [6.45, 7) is 0.0808. The van der Waals surface area contributed by atoms with Crippen LogP contribution in [-0.2, 0) is 21.5 Å². The molecule has 178 valence electrons. The van der Waals surface area contributed by atoms with Gasteiger partial charge in [-0.2, -0.15) is 0 Å². The molecule has 3 aromatic rings. The number of benzene rings is 3. The number of nitrogens with one attached hydrogen (secondary N) is 2. The summed E-state index contributed by atoms with van der Waals surface area (Å²) in [5.41, 5.74) is 0.270. The van der Waals surface area contributed by atoms with Gasteiger partial charge in [-0.3, -0.25) is 14.5 Å². The molecule has 2 heterocycles. The smallest absolute Gasteiger partial charge is 0.325 e. The molecule has 0 unspecified atom stereocenters. The highest BCUT2D eigenvalue weighted by Crippen LogP contribution is 2.33. The predicted octanol–water partition coefficient (Wildman–Crippen LogP) is 2.63. The predicted molar refractivity (Wildman–Crippen MR) is 128 cm³/mol. The van der Waals surface area contributed by atoms with Crippen LogP contribution in [0.25, 0.3) is 0 Å². The number of hydrogen-bond acceptors (Lipinski definition) is 5. The second-order valence-electron chi connectivity index (χ2n) is 8.56. The monoisotopic (exact) mass is 471 g/mol. The van der Waals surface area contributed by atoms with Crippen molar-refractivity contribution in [1.82, 2.24) is 15.5 Å². The standard InChI is InChI=1S/C27H25N3O5/c31-24(28-16-21-18-34-22-13-7-8-14-23(22)35-21)17-30-25(32)27(29-26(30)33,20-11-5-2-6-12-20)15-19-9-3-1-4-10-19/h1-14,21H,15-18H2,(H,28,31)(H,29,33)/t21-,27+/m1/s1. The highest BCUT2D eigenvalue weighted by Gasteiger charge is 2.52. The van der Waals surface area contributed by atoms with Crippen LogP contribution in [0.15, 0.2) is 84.9 Å². The van der Waals surface area contributed by atoms with Crippen molar-refractivity contribution in [3.63, 3.8) is 0 Å². The minimum atomic E-state index is -1.29. The van der Waals surface area contributed by atoms with E-state index in [1.807, 2.05) is 78.9 Å². The first-order valence-corrected chi connectivity index (χ1v) is 11.4. The van der Waals surface area contributed by atoms with Crippen LogP contribution in [0.5, 0.6) is 11.5 Å². The van der Waals surface area contributed by atoms with Crippen molar-refractivity contribution in [1.29, 1.82) is 0 Å². The van der Waals surface area contributed by atoms with Gasteiger partial charge in [0.2, 0.25) is 5.91 Å². The van der Waals surface area contributed by atoms with Crippen molar-refractivity contribution >= 4 is 17.8 Å². The molecule has 3 aromatic carbocycles. The lowest BCUT2D eigenvalue weighted by atomic mass is 9.83. The third kappa shape index (κ3) is 4.55. The Balaban J connectivity index is 1.27. The van der Waals surface area contributed by atoms with Gasteiger partial charge < -0.3 is 20.1 Å². The second-order valence-corrected chi connectivity index (χ2v) is 8.56. The fraction of sp³-hybridized carbons (Fsp3) is 0.222. The van der Waals surface area contributed by atoms with Crippen molar-refractivity contribution < 1.29 is 23.9 Å². The van der Waals surface area contributed by atoms with E-state index in [0.717, 1.165) is 10.5 Å². The van der Waals surface area contributed by atoms with E-state index in [0.29, 0.717) is 17.1 Å². The number of ether oxygens (including phenoxy) is 2. The zero-order chi connectivity index (χ0) is 24.3. The zero-order valence-corrected chi connectivity index (χ0v) is 19.0. The van der Waals surface area contributed by atoms with E-state index in [-0.39, 0.29) is 25.7 Å².